The maximum absolute atomic E-state index is 13.7. The predicted molar refractivity (Wildman–Crippen MR) is 134 cm³/mol. The van der Waals surface area contributed by atoms with Crippen LogP contribution in [0.5, 0.6) is 5.75 Å². The molecule has 0 aliphatic heterocycles. The molecule has 0 saturated carbocycles. The summed E-state index contributed by atoms with van der Waals surface area (Å²) in [6.07, 6.45) is 0.522. The number of hydrogen-bond acceptors (Lipinski definition) is 9. The number of ketones is 2. The first-order valence-corrected chi connectivity index (χ1v) is 12.0. The Morgan fingerprint density at radius 2 is 1.79 bits per heavy atom. The summed E-state index contributed by atoms with van der Waals surface area (Å²) in [5.74, 6) is -9.79. The summed E-state index contributed by atoms with van der Waals surface area (Å²) in [5.41, 5.74) is 0.846. The number of phenols is 1. The Hall–Kier alpha value is -3.96. The van der Waals surface area contributed by atoms with Gasteiger partial charge >= 0.3 is 0 Å². The molecule has 0 saturated heterocycles. The number of carbonyl (C=O) groups is 4. The van der Waals surface area contributed by atoms with E-state index in [0.29, 0.717) is 11.1 Å². The molecule has 202 valence electrons. The number of carbonyl (C=O) groups excluding carboxylic acids is 4. The zero-order valence-corrected chi connectivity index (χ0v) is 21.3. The monoisotopic (exact) mass is 526 g/mol. The van der Waals surface area contributed by atoms with E-state index in [4.69, 9.17) is 5.73 Å². The molecule has 3 aliphatic rings. The van der Waals surface area contributed by atoms with Gasteiger partial charge in [-0.3, -0.25) is 19.2 Å². The predicted octanol–water partition coefficient (Wildman–Crippen LogP) is 1.04. The highest BCUT2D eigenvalue weighted by molar-refractivity contribution is 6.24. The fourth-order valence-electron chi connectivity index (χ4n) is 5.83. The fourth-order valence-corrected chi connectivity index (χ4v) is 5.83. The lowest BCUT2D eigenvalue weighted by atomic mass is 9.56. The topological polar surface area (TPSA) is 207 Å². The molecule has 3 aliphatic carbocycles. The molecule has 11 heteroatoms. The molecule has 0 aromatic heterocycles. The molecule has 4 rings (SSSR count). The van der Waals surface area contributed by atoms with Crippen molar-refractivity contribution in [2.24, 2.45) is 17.6 Å². The van der Waals surface area contributed by atoms with E-state index in [1.54, 1.807) is 6.92 Å². The maximum Gasteiger partial charge on any atom is 0.255 e. The number of benzene rings is 1. The Morgan fingerprint density at radius 1 is 1.16 bits per heavy atom. The van der Waals surface area contributed by atoms with Crippen LogP contribution < -0.4 is 11.1 Å². The second-order valence-electron chi connectivity index (χ2n) is 11.0. The number of nitrogens with two attached hydrogens (primary N) is 1. The molecular weight excluding hydrogens is 496 g/mol. The molecule has 2 amide bonds. The van der Waals surface area contributed by atoms with Crippen molar-refractivity contribution in [2.75, 3.05) is 0 Å². The molecule has 8 N–H and O–H groups in total. The Kier molecular flexibility index (Phi) is 6.28. The molecule has 11 nitrogen and oxygen atoms in total. The van der Waals surface area contributed by atoms with Crippen molar-refractivity contribution in [3.63, 3.8) is 0 Å². The molecule has 0 spiro atoms. The Labute approximate surface area is 218 Å². The van der Waals surface area contributed by atoms with Gasteiger partial charge in [0.05, 0.1) is 11.7 Å². The van der Waals surface area contributed by atoms with Gasteiger partial charge in [-0.2, -0.15) is 0 Å². The number of Topliss-reactive ketones (excluding diaryl/α,β-unsaturated/α-hetero) is 2. The summed E-state index contributed by atoms with van der Waals surface area (Å²) in [6.45, 7) is 7.05. The van der Waals surface area contributed by atoms with Gasteiger partial charge in [-0.25, -0.2) is 0 Å². The first-order valence-electron chi connectivity index (χ1n) is 12.0. The molecule has 38 heavy (non-hydrogen) atoms. The number of nitrogens with one attached hydrogen (secondary N) is 1. The third-order valence-corrected chi connectivity index (χ3v) is 7.42. The number of aliphatic hydroxyl groups excluding tert-OH is 3. The van der Waals surface area contributed by atoms with Crippen LogP contribution in [0.1, 0.15) is 61.5 Å². The smallest absolute Gasteiger partial charge is 0.255 e. The van der Waals surface area contributed by atoms with E-state index in [9.17, 15) is 44.7 Å². The number of aliphatic hydroxyl groups is 4. The number of primary amides is 1. The molecule has 0 heterocycles. The van der Waals surface area contributed by atoms with E-state index in [0.717, 1.165) is 0 Å². The summed E-state index contributed by atoms with van der Waals surface area (Å²) in [7, 11) is 0. The van der Waals surface area contributed by atoms with Crippen LogP contribution in [0.3, 0.4) is 0 Å². The number of aromatic hydroxyl groups is 1. The average Bonchev–Trinajstić information content (AvgIpc) is 2.79. The highest BCUT2D eigenvalue weighted by Gasteiger charge is 2.64. The second kappa shape index (κ2) is 8.81. The van der Waals surface area contributed by atoms with Crippen molar-refractivity contribution >= 4 is 29.5 Å². The van der Waals surface area contributed by atoms with Crippen LogP contribution in [0, 0.1) is 11.8 Å². The van der Waals surface area contributed by atoms with Gasteiger partial charge in [0, 0.05) is 35.4 Å². The summed E-state index contributed by atoms with van der Waals surface area (Å²) < 4.78 is 0. The van der Waals surface area contributed by atoms with Gasteiger partial charge in [0.25, 0.3) is 5.91 Å². The standard InChI is InChI=1S/C27H30N2O9/c1-10-16-11(6-8-15(32)29-26(2,3)4)5-7-13(30)18(16)22(34)20-17(10)21(33)12-9-14(31)19(25(28)37)23(35)27(12,38)24(20)36/h5-8,10,12,17,21,30-31,33,36,38H,9H2,1-4H3,(H2,28,37)(H,29,32)/b8-6+/t10-,12+,17+,21+,27+/m0/s1. The van der Waals surface area contributed by atoms with E-state index in [1.807, 2.05) is 20.8 Å². The number of allylic oxidation sites excluding steroid dienone is 1. The maximum atomic E-state index is 13.7. The molecule has 0 bridgehead atoms. The minimum atomic E-state index is -2.90. The Bertz CT molecular complexity index is 1380. The highest BCUT2D eigenvalue weighted by atomic mass is 16.4. The quantitative estimate of drug-likeness (QED) is 0.221. The first kappa shape index (κ1) is 27.1. The number of amides is 2. The van der Waals surface area contributed by atoms with Gasteiger partial charge in [0.2, 0.25) is 11.7 Å². The number of rotatable bonds is 3. The van der Waals surface area contributed by atoms with Gasteiger partial charge in [0.15, 0.2) is 11.4 Å². The van der Waals surface area contributed by atoms with Crippen molar-refractivity contribution < 1.29 is 44.7 Å². The molecule has 0 unspecified atom stereocenters. The summed E-state index contributed by atoms with van der Waals surface area (Å²) in [4.78, 5) is 50.9. The summed E-state index contributed by atoms with van der Waals surface area (Å²) >= 11 is 0. The molecule has 5 atom stereocenters. The normalized spacial score (nSPS) is 29.2. The van der Waals surface area contributed by atoms with E-state index in [1.165, 1.54) is 24.3 Å². The summed E-state index contributed by atoms with van der Waals surface area (Å²) in [5, 5.41) is 57.6. The van der Waals surface area contributed by atoms with Crippen LogP contribution in [0.4, 0.5) is 0 Å². The highest BCUT2D eigenvalue weighted by Crippen LogP contribution is 2.55. The minimum Gasteiger partial charge on any atom is -0.511 e. The second-order valence-corrected chi connectivity index (χ2v) is 11.0. The van der Waals surface area contributed by atoms with E-state index in [-0.39, 0.29) is 5.56 Å². The van der Waals surface area contributed by atoms with Crippen molar-refractivity contribution in [1.82, 2.24) is 5.32 Å². The van der Waals surface area contributed by atoms with E-state index >= 15 is 0 Å². The number of phenolic OH excluding ortho intramolecular Hbond substituents is 1. The van der Waals surface area contributed by atoms with Gasteiger partial charge in [-0.05, 0) is 50.0 Å². The SMILES string of the molecule is C[C@H]1c2c(/C=C/C(=O)NC(C)(C)C)ccc(O)c2C(=O)C2=C(O)[C@]3(O)C(=O)C(C(N)=O)=C(O)C[C@@H]3[C@@H](O)[C@@H]21. The van der Waals surface area contributed by atoms with Crippen LogP contribution in [0.2, 0.25) is 0 Å². The zero-order chi connectivity index (χ0) is 28.5. The minimum absolute atomic E-state index is 0.222. The van der Waals surface area contributed by atoms with Crippen molar-refractivity contribution in [2.45, 2.75) is 57.3 Å². The molecule has 1 aromatic carbocycles. The third kappa shape index (κ3) is 3.89. The van der Waals surface area contributed by atoms with E-state index < -0.39 is 93.2 Å². The lowest BCUT2D eigenvalue weighted by Crippen LogP contribution is -2.62. The van der Waals surface area contributed by atoms with Gasteiger partial charge < -0.3 is 36.6 Å². The van der Waals surface area contributed by atoms with Crippen LogP contribution in [0.15, 0.2) is 40.9 Å². The van der Waals surface area contributed by atoms with Crippen molar-refractivity contribution in [1.29, 1.82) is 0 Å². The van der Waals surface area contributed by atoms with Gasteiger partial charge in [-0.15, -0.1) is 0 Å². The van der Waals surface area contributed by atoms with Crippen LogP contribution >= 0.6 is 0 Å². The molecular formula is C27H30N2O9. The molecule has 0 fully saturated rings. The first-order chi connectivity index (χ1) is 17.5. The molecule has 0 radical (unpaired) electrons. The van der Waals surface area contributed by atoms with Crippen molar-refractivity contribution in [3.05, 3.63) is 57.6 Å². The zero-order valence-electron chi connectivity index (χ0n) is 21.3. The number of hydrogen-bond donors (Lipinski definition) is 7. The average molecular weight is 527 g/mol. The Morgan fingerprint density at radius 3 is 2.37 bits per heavy atom. The third-order valence-electron chi connectivity index (χ3n) is 7.42. The largest absolute Gasteiger partial charge is 0.511 e. The van der Waals surface area contributed by atoms with Crippen LogP contribution in [0.25, 0.3) is 6.08 Å². The summed E-state index contributed by atoms with van der Waals surface area (Å²) in [6, 6.07) is 2.73. The van der Waals surface area contributed by atoms with Crippen molar-refractivity contribution in [3.8, 4) is 5.75 Å². The lowest BCUT2D eigenvalue weighted by molar-refractivity contribution is -0.154. The van der Waals surface area contributed by atoms with Gasteiger partial charge in [-0.1, -0.05) is 13.0 Å². The van der Waals surface area contributed by atoms with Crippen LogP contribution in [-0.4, -0.2) is 66.2 Å². The van der Waals surface area contributed by atoms with E-state index in [2.05, 4.69) is 5.32 Å². The fraction of sp³-hybridized carbons (Fsp3) is 0.407. The Balaban J connectivity index is 1.89. The van der Waals surface area contributed by atoms with Crippen LogP contribution in [-0.2, 0) is 14.4 Å². The lowest BCUT2D eigenvalue weighted by Gasteiger charge is -2.50. The molecule has 1 aromatic rings. The number of fused-ring (bicyclic) bond motifs is 3. The van der Waals surface area contributed by atoms with Gasteiger partial charge in [0.1, 0.15) is 22.8 Å².